The van der Waals surface area contributed by atoms with Gasteiger partial charge in [0, 0.05) is 32.4 Å². The maximum absolute atomic E-state index is 12.4. The fraction of sp³-hybridized carbons (Fsp3) is 0.636. The Morgan fingerprint density at radius 1 is 1.29 bits per heavy atom. The third kappa shape index (κ3) is 6.83. The van der Waals surface area contributed by atoms with Gasteiger partial charge in [0.15, 0.2) is 17.4 Å². The van der Waals surface area contributed by atoms with Gasteiger partial charge in [-0.2, -0.15) is 0 Å². The fourth-order valence-corrected chi connectivity index (χ4v) is 3.68. The number of guanidine groups is 1. The molecule has 3 rings (SSSR count). The Hall–Kier alpha value is -2.84. The van der Waals surface area contributed by atoms with Crippen molar-refractivity contribution >= 4 is 17.7 Å². The Bertz CT molecular complexity index is 887. The summed E-state index contributed by atoms with van der Waals surface area (Å²) in [6.45, 7) is 11.3. The summed E-state index contributed by atoms with van der Waals surface area (Å²) in [5.74, 6) is 2.01. The monoisotopic (exact) mass is 429 g/mol. The van der Waals surface area contributed by atoms with Crippen molar-refractivity contribution in [3.05, 3.63) is 30.2 Å². The molecule has 1 amide bonds. The van der Waals surface area contributed by atoms with Crippen molar-refractivity contribution in [1.82, 2.24) is 30.1 Å². The lowest BCUT2D eigenvalue weighted by Crippen LogP contribution is -2.44. The Labute approximate surface area is 184 Å². The highest BCUT2D eigenvalue weighted by atomic mass is 16.6. The van der Waals surface area contributed by atoms with E-state index in [-0.39, 0.29) is 6.09 Å². The van der Waals surface area contributed by atoms with Crippen LogP contribution in [0.25, 0.3) is 5.65 Å². The van der Waals surface area contributed by atoms with Crippen LogP contribution in [-0.2, 0) is 11.3 Å². The topological polar surface area (TPSA) is 96.1 Å². The average molecular weight is 430 g/mol. The first kappa shape index (κ1) is 22.8. The number of carbonyl (C=O) groups excluding carboxylic acids is 1. The van der Waals surface area contributed by atoms with Gasteiger partial charge in [0.2, 0.25) is 0 Å². The van der Waals surface area contributed by atoms with E-state index in [1.54, 1.807) is 0 Å². The zero-order valence-electron chi connectivity index (χ0n) is 19.1. The number of pyridine rings is 1. The van der Waals surface area contributed by atoms with E-state index in [1.807, 2.05) is 61.4 Å². The number of ether oxygens (including phenoxy) is 1. The van der Waals surface area contributed by atoms with E-state index < -0.39 is 5.60 Å². The number of fused-ring (bicyclic) bond motifs is 1. The third-order valence-electron chi connectivity index (χ3n) is 5.12. The van der Waals surface area contributed by atoms with Gasteiger partial charge in [-0.15, -0.1) is 10.2 Å². The van der Waals surface area contributed by atoms with Crippen molar-refractivity contribution in [3.8, 4) is 0 Å². The van der Waals surface area contributed by atoms with Crippen LogP contribution in [0.2, 0.25) is 0 Å². The quantitative estimate of drug-likeness (QED) is 0.541. The molecule has 0 spiro atoms. The van der Waals surface area contributed by atoms with Crippen LogP contribution in [0.5, 0.6) is 0 Å². The zero-order chi connectivity index (χ0) is 22.3. The summed E-state index contributed by atoms with van der Waals surface area (Å²) in [5.41, 5.74) is 0.357. The van der Waals surface area contributed by atoms with Crippen molar-refractivity contribution in [2.75, 3.05) is 26.2 Å². The summed E-state index contributed by atoms with van der Waals surface area (Å²) in [6, 6.07) is 5.82. The highest BCUT2D eigenvalue weighted by Gasteiger charge is 2.27. The molecule has 0 radical (unpaired) electrons. The molecular formula is C22H35N7O2. The van der Waals surface area contributed by atoms with Crippen molar-refractivity contribution in [3.63, 3.8) is 0 Å². The average Bonchev–Trinajstić information content (AvgIpc) is 3.14. The summed E-state index contributed by atoms with van der Waals surface area (Å²) in [5, 5.41) is 15.1. The molecule has 2 N–H and O–H groups in total. The molecule has 1 saturated heterocycles. The minimum Gasteiger partial charge on any atom is -0.444 e. The van der Waals surface area contributed by atoms with Gasteiger partial charge >= 0.3 is 6.09 Å². The molecule has 9 heteroatoms. The lowest BCUT2D eigenvalue weighted by atomic mass is 9.95. The lowest BCUT2D eigenvalue weighted by molar-refractivity contribution is 0.0162. The van der Waals surface area contributed by atoms with E-state index >= 15 is 0 Å². The number of hydrogen-bond acceptors (Lipinski definition) is 5. The molecule has 2 aromatic rings. The summed E-state index contributed by atoms with van der Waals surface area (Å²) < 4.78 is 7.47. The van der Waals surface area contributed by atoms with E-state index in [1.165, 1.54) is 0 Å². The Kier molecular flexibility index (Phi) is 7.70. The van der Waals surface area contributed by atoms with E-state index in [0.29, 0.717) is 12.5 Å². The van der Waals surface area contributed by atoms with Crippen LogP contribution in [0.1, 0.15) is 52.8 Å². The van der Waals surface area contributed by atoms with Crippen LogP contribution in [0.3, 0.4) is 0 Å². The zero-order valence-corrected chi connectivity index (χ0v) is 19.1. The minimum atomic E-state index is -0.460. The number of nitrogens with zero attached hydrogens (tertiary/aromatic N) is 5. The predicted octanol–water partition coefficient (Wildman–Crippen LogP) is 2.82. The maximum Gasteiger partial charge on any atom is 0.410 e. The summed E-state index contributed by atoms with van der Waals surface area (Å²) >= 11 is 0. The van der Waals surface area contributed by atoms with Crippen LogP contribution in [0, 0.1) is 5.92 Å². The molecule has 1 fully saturated rings. The number of aliphatic imine (C=N–C) groups is 1. The highest BCUT2D eigenvalue weighted by molar-refractivity contribution is 5.79. The molecule has 1 atom stereocenters. The first-order chi connectivity index (χ1) is 14.9. The number of amides is 1. The number of piperidine rings is 1. The molecule has 2 aromatic heterocycles. The summed E-state index contributed by atoms with van der Waals surface area (Å²) in [6.07, 6.45) is 4.84. The van der Waals surface area contributed by atoms with Gasteiger partial charge in [-0.05, 0) is 65.0 Å². The molecule has 1 aliphatic rings. The van der Waals surface area contributed by atoms with Crippen LogP contribution in [0.4, 0.5) is 4.79 Å². The van der Waals surface area contributed by atoms with Gasteiger partial charge in [0.1, 0.15) is 12.1 Å². The molecule has 170 valence electrons. The molecule has 3 heterocycles. The molecule has 0 saturated carbocycles. The minimum absolute atomic E-state index is 0.208. The van der Waals surface area contributed by atoms with Crippen molar-refractivity contribution < 1.29 is 9.53 Å². The highest BCUT2D eigenvalue weighted by Crippen LogP contribution is 2.21. The number of likely N-dealkylation sites (tertiary alicyclic amines) is 1. The molecular weight excluding hydrogens is 394 g/mol. The molecule has 1 unspecified atom stereocenters. The van der Waals surface area contributed by atoms with E-state index in [2.05, 4.69) is 25.8 Å². The van der Waals surface area contributed by atoms with E-state index in [0.717, 1.165) is 62.9 Å². The largest absolute Gasteiger partial charge is 0.444 e. The molecule has 1 aliphatic heterocycles. The molecule has 0 aliphatic carbocycles. The number of rotatable bonds is 6. The standard InChI is InChI=1S/C22H35N7O2/c1-5-23-20(25-15-19-27-26-18-10-6-7-14-29(18)19)24-12-11-17-9-8-13-28(16-17)21(30)31-22(2,3)4/h6-7,10,14,17H,5,8-9,11-13,15-16H2,1-4H3,(H2,23,24,25). The van der Waals surface area contributed by atoms with Gasteiger partial charge in [0.05, 0.1) is 0 Å². The number of carbonyl (C=O) groups is 1. The number of hydrogen-bond donors (Lipinski definition) is 2. The van der Waals surface area contributed by atoms with Crippen LogP contribution >= 0.6 is 0 Å². The summed E-state index contributed by atoms with van der Waals surface area (Å²) in [4.78, 5) is 18.9. The maximum atomic E-state index is 12.4. The van der Waals surface area contributed by atoms with Crippen LogP contribution in [-0.4, -0.2) is 63.3 Å². The van der Waals surface area contributed by atoms with E-state index in [4.69, 9.17) is 4.74 Å². The predicted molar refractivity (Wildman–Crippen MR) is 121 cm³/mol. The summed E-state index contributed by atoms with van der Waals surface area (Å²) in [7, 11) is 0. The van der Waals surface area contributed by atoms with Gasteiger partial charge in [0.25, 0.3) is 0 Å². The second kappa shape index (κ2) is 10.5. The first-order valence-corrected chi connectivity index (χ1v) is 11.1. The molecule has 0 aromatic carbocycles. The molecule has 31 heavy (non-hydrogen) atoms. The Morgan fingerprint density at radius 2 is 2.13 bits per heavy atom. The van der Waals surface area contributed by atoms with E-state index in [9.17, 15) is 4.79 Å². The first-order valence-electron chi connectivity index (χ1n) is 11.1. The van der Waals surface area contributed by atoms with Gasteiger partial charge in [-0.1, -0.05) is 6.07 Å². The number of aromatic nitrogens is 3. The van der Waals surface area contributed by atoms with Crippen molar-refractivity contribution in [2.24, 2.45) is 10.9 Å². The lowest BCUT2D eigenvalue weighted by Gasteiger charge is -2.34. The SMILES string of the molecule is CCNC(=NCc1nnc2ccccn12)NCCC1CCCN(C(=O)OC(C)(C)C)C1. The second-order valence-corrected chi connectivity index (χ2v) is 8.89. The number of nitrogens with one attached hydrogen (secondary N) is 2. The van der Waals surface area contributed by atoms with Crippen LogP contribution < -0.4 is 10.6 Å². The Morgan fingerprint density at radius 3 is 2.90 bits per heavy atom. The van der Waals surface area contributed by atoms with Gasteiger partial charge in [-0.25, -0.2) is 9.79 Å². The molecule has 9 nitrogen and oxygen atoms in total. The fourth-order valence-electron chi connectivity index (χ4n) is 3.68. The Balaban J connectivity index is 1.49. The second-order valence-electron chi connectivity index (χ2n) is 8.89. The smallest absolute Gasteiger partial charge is 0.410 e. The molecule has 0 bridgehead atoms. The van der Waals surface area contributed by atoms with Crippen LogP contribution in [0.15, 0.2) is 29.4 Å². The van der Waals surface area contributed by atoms with Crippen molar-refractivity contribution in [2.45, 2.75) is 59.1 Å². The van der Waals surface area contributed by atoms with Crippen molar-refractivity contribution in [1.29, 1.82) is 0 Å². The van der Waals surface area contributed by atoms with Gasteiger partial charge < -0.3 is 20.3 Å². The normalized spacial score (nSPS) is 17.6. The third-order valence-corrected chi connectivity index (χ3v) is 5.12. The van der Waals surface area contributed by atoms with Gasteiger partial charge in [-0.3, -0.25) is 4.40 Å².